The maximum Gasteiger partial charge on any atom is 0.316 e. The van der Waals surface area contributed by atoms with Crippen molar-refractivity contribution in [2.75, 3.05) is 19.5 Å². The minimum absolute atomic E-state index is 0.194. The number of methoxy groups -OCH3 is 1. The Bertz CT molecular complexity index is 518. The number of nitrogens with zero attached hydrogens (tertiary/aromatic N) is 2. The maximum atomic E-state index is 11.1. The summed E-state index contributed by atoms with van der Waals surface area (Å²) in [6, 6.07) is 0. The lowest BCUT2D eigenvalue weighted by atomic mass is 10.1. The molecule has 0 aromatic carbocycles. The molecule has 1 aliphatic heterocycles. The first kappa shape index (κ1) is 13.7. The highest BCUT2D eigenvalue weighted by Crippen LogP contribution is 2.32. The summed E-state index contributed by atoms with van der Waals surface area (Å²) in [5, 5.41) is 28.3. The Morgan fingerprint density at radius 2 is 2.32 bits per heavy atom. The van der Waals surface area contributed by atoms with Gasteiger partial charge >= 0.3 is 5.56 Å². The topological polar surface area (TPSA) is 140 Å². The van der Waals surface area contributed by atoms with E-state index in [1.54, 1.807) is 0 Å². The number of aromatic hydroxyl groups is 1. The van der Waals surface area contributed by atoms with E-state index in [1.807, 2.05) is 0 Å². The smallest absolute Gasteiger partial charge is 0.316 e. The van der Waals surface area contributed by atoms with E-state index in [4.69, 9.17) is 20.3 Å². The molecule has 1 aromatic rings. The number of hydrogen-bond donors (Lipinski definition) is 4. The van der Waals surface area contributed by atoms with Crippen molar-refractivity contribution >= 4 is 5.95 Å². The van der Waals surface area contributed by atoms with Gasteiger partial charge in [-0.15, -0.1) is 0 Å². The van der Waals surface area contributed by atoms with Crippen LogP contribution in [0.1, 0.15) is 6.23 Å². The van der Waals surface area contributed by atoms with Gasteiger partial charge in [0.25, 0.3) is 0 Å². The van der Waals surface area contributed by atoms with Crippen molar-refractivity contribution in [2.24, 2.45) is 0 Å². The number of aliphatic hydroxyl groups excluding tert-OH is 2. The molecule has 0 aliphatic carbocycles. The molecule has 0 spiro atoms. The van der Waals surface area contributed by atoms with Gasteiger partial charge in [-0.05, 0) is 0 Å². The average molecular weight is 273 g/mol. The lowest BCUT2D eigenvalue weighted by Gasteiger charge is -2.22. The molecule has 9 nitrogen and oxygen atoms in total. The van der Waals surface area contributed by atoms with Crippen LogP contribution in [-0.4, -0.2) is 56.9 Å². The second-order valence-corrected chi connectivity index (χ2v) is 4.14. The third-order valence-electron chi connectivity index (χ3n) is 3.00. The van der Waals surface area contributed by atoms with E-state index in [-0.39, 0.29) is 5.95 Å². The predicted octanol–water partition coefficient (Wildman–Crippen LogP) is -2.20. The summed E-state index contributed by atoms with van der Waals surface area (Å²) in [5.41, 5.74) is 4.72. The van der Waals surface area contributed by atoms with E-state index in [0.717, 1.165) is 6.20 Å². The predicted molar refractivity (Wildman–Crippen MR) is 62.4 cm³/mol. The quantitative estimate of drug-likeness (QED) is 0.486. The SMILES string of the molecule is CO[C@@H]1[C@H](O)[C@@H](CO)O[C@H]1n1cc(O)c(=O)nc1N. The molecule has 9 heteroatoms. The molecule has 1 aliphatic rings. The van der Waals surface area contributed by atoms with Gasteiger partial charge < -0.3 is 30.5 Å². The Balaban J connectivity index is 2.41. The van der Waals surface area contributed by atoms with Crippen LogP contribution in [0.4, 0.5) is 5.95 Å². The molecule has 2 rings (SSSR count). The van der Waals surface area contributed by atoms with Gasteiger partial charge in [-0.25, -0.2) is 0 Å². The van der Waals surface area contributed by atoms with Gasteiger partial charge in [-0.1, -0.05) is 0 Å². The Morgan fingerprint density at radius 3 is 2.89 bits per heavy atom. The normalized spacial score (nSPS) is 30.7. The average Bonchev–Trinajstić information content (AvgIpc) is 2.70. The van der Waals surface area contributed by atoms with Gasteiger partial charge in [-0.3, -0.25) is 9.36 Å². The van der Waals surface area contributed by atoms with Gasteiger partial charge in [0, 0.05) is 7.11 Å². The number of anilines is 1. The van der Waals surface area contributed by atoms with Gasteiger partial charge in [-0.2, -0.15) is 4.98 Å². The largest absolute Gasteiger partial charge is 0.502 e. The summed E-state index contributed by atoms with van der Waals surface area (Å²) in [6.45, 7) is -0.406. The molecular formula is C10H15N3O6. The van der Waals surface area contributed by atoms with Gasteiger partial charge in [0.15, 0.2) is 12.0 Å². The molecular weight excluding hydrogens is 258 g/mol. The fourth-order valence-electron chi connectivity index (χ4n) is 2.02. The first-order valence-corrected chi connectivity index (χ1v) is 5.54. The lowest BCUT2D eigenvalue weighted by Crippen LogP contribution is -2.35. The van der Waals surface area contributed by atoms with Gasteiger partial charge in [0.05, 0.1) is 12.8 Å². The summed E-state index contributed by atoms with van der Waals surface area (Å²) in [7, 11) is 1.36. The summed E-state index contributed by atoms with van der Waals surface area (Å²) >= 11 is 0. The summed E-state index contributed by atoms with van der Waals surface area (Å²) in [4.78, 5) is 14.5. The Kier molecular flexibility index (Phi) is 3.71. The first-order valence-electron chi connectivity index (χ1n) is 5.54. The maximum absolute atomic E-state index is 11.1. The molecule has 5 N–H and O–H groups in total. The Morgan fingerprint density at radius 1 is 1.63 bits per heavy atom. The van der Waals surface area contributed by atoms with Crippen LogP contribution in [-0.2, 0) is 9.47 Å². The molecule has 0 radical (unpaired) electrons. The zero-order valence-corrected chi connectivity index (χ0v) is 10.1. The number of aliphatic hydroxyl groups is 2. The lowest BCUT2D eigenvalue weighted by molar-refractivity contribution is -0.0598. The number of aromatic nitrogens is 2. The fourth-order valence-corrected chi connectivity index (χ4v) is 2.02. The number of hydrogen-bond acceptors (Lipinski definition) is 8. The Hall–Kier alpha value is -1.68. The van der Waals surface area contributed by atoms with Crippen molar-refractivity contribution in [3.05, 3.63) is 16.6 Å². The van der Waals surface area contributed by atoms with Crippen molar-refractivity contribution < 1.29 is 24.8 Å². The first-order chi connectivity index (χ1) is 8.99. The second-order valence-electron chi connectivity index (χ2n) is 4.14. The van der Waals surface area contributed by atoms with Crippen LogP contribution >= 0.6 is 0 Å². The van der Waals surface area contributed by atoms with E-state index in [9.17, 15) is 15.0 Å². The molecule has 4 atom stereocenters. The molecule has 0 amide bonds. The van der Waals surface area contributed by atoms with E-state index in [0.29, 0.717) is 0 Å². The van der Waals surface area contributed by atoms with Gasteiger partial charge in [0.2, 0.25) is 5.95 Å². The van der Waals surface area contributed by atoms with E-state index < -0.39 is 42.5 Å². The minimum Gasteiger partial charge on any atom is -0.502 e. The van der Waals surface area contributed by atoms with Crippen LogP contribution in [0.2, 0.25) is 0 Å². The number of nitrogens with two attached hydrogens (primary N) is 1. The highest BCUT2D eigenvalue weighted by molar-refractivity contribution is 5.24. The van der Waals surface area contributed by atoms with E-state index >= 15 is 0 Å². The van der Waals surface area contributed by atoms with Crippen LogP contribution in [0.3, 0.4) is 0 Å². The van der Waals surface area contributed by atoms with Crippen molar-refractivity contribution in [1.82, 2.24) is 9.55 Å². The van der Waals surface area contributed by atoms with Crippen LogP contribution in [0.15, 0.2) is 11.0 Å². The third kappa shape index (κ3) is 2.28. The van der Waals surface area contributed by atoms with Crippen molar-refractivity contribution in [1.29, 1.82) is 0 Å². The number of ether oxygens (including phenoxy) is 2. The summed E-state index contributed by atoms with van der Waals surface area (Å²) in [6.07, 6.45) is -2.59. The van der Waals surface area contributed by atoms with Crippen LogP contribution < -0.4 is 11.3 Å². The van der Waals surface area contributed by atoms with Crippen molar-refractivity contribution in [2.45, 2.75) is 24.5 Å². The molecule has 1 fully saturated rings. The molecule has 1 saturated heterocycles. The highest BCUT2D eigenvalue weighted by atomic mass is 16.6. The Labute approximate surface area is 107 Å². The summed E-state index contributed by atoms with van der Waals surface area (Å²) in [5.74, 6) is -0.796. The minimum atomic E-state index is -1.07. The zero-order valence-electron chi connectivity index (χ0n) is 10.1. The van der Waals surface area contributed by atoms with E-state index in [2.05, 4.69) is 4.98 Å². The monoisotopic (exact) mass is 273 g/mol. The zero-order chi connectivity index (χ0) is 14.2. The second kappa shape index (κ2) is 5.13. The van der Waals surface area contributed by atoms with Crippen molar-refractivity contribution in [3.8, 4) is 5.75 Å². The molecule has 1 aromatic heterocycles. The standard InChI is InChI=1S/C10H15N3O6/c1-18-7-6(16)5(3-14)19-9(7)13-2-4(15)8(17)12-10(13)11/h2,5-7,9,14-16H,3H2,1H3,(H2,11,12,17)/t5-,6-,7-,9-/m1/s1. The fraction of sp³-hybridized carbons (Fsp3) is 0.600. The summed E-state index contributed by atoms with van der Waals surface area (Å²) < 4.78 is 11.7. The van der Waals surface area contributed by atoms with Crippen LogP contribution in [0.25, 0.3) is 0 Å². The molecule has 0 saturated carbocycles. The van der Waals surface area contributed by atoms with Crippen molar-refractivity contribution in [3.63, 3.8) is 0 Å². The highest BCUT2D eigenvalue weighted by Gasteiger charge is 2.45. The molecule has 0 bridgehead atoms. The molecule has 0 unspecified atom stereocenters. The molecule has 19 heavy (non-hydrogen) atoms. The molecule has 106 valence electrons. The van der Waals surface area contributed by atoms with E-state index in [1.165, 1.54) is 11.7 Å². The van der Waals surface area contributed by atoms with Gasteiger partial charge in [0.1, 0.15) is 18.3 Å². The molecule has 2 heterocycles. The number of rotatable bonds is 3. The third-order valence-corrected chi connectivity index (χ3v) is 3.00. The van der Waals surface area contributed by atoms with Crippen LogP contribution in [0.5, 0.6) is 5.75 Å². The number of nitrogen functional groups attached to an aromatic ring is 1. The van der Waals surface area contributed by atoms with Crippen LogP contribution in [0, 0.1) is 0 Å².